The van der Waals surface area contributed by atoms with E-state index in [1.54, 1.807) is 0 Å². The van der Waals surface area contributed by atoms with Crippen molar-refractivity contribution < 1.29 is 9.59 Å². The summed E-state index contributed by atoms with van der Waals surface area (Å²) in [6.45, 7) is 1.68. The lowest BCUT2D eigenvalue weighted by molar-refractivity contribution is -0.126. The Morgan fingerprint density at radius 1 is 1.33 bits per heavy atom. The van der Waals surface area contributed by atoms with Gasteiger partial charge in [-0.25, -0.2) is 0 Å². The first kappa shape index (κ1) is 11.7. The normalized spacial score (nSPS) is 11.9. The molecule has 3 nitrogen and oxygen atoms in total. The summed E-state index contributed by atoms with van der Waals surface area (Å²) in [5, 5.41) is 1.50. The zero-order valence-electron chi connectivity index (χ0n) is 8.37. The standard InChI is InChI=1S/C11H12ClNO2/c1-8(14)10(12)11(15)13-7-9-5-3-2-4-6-9/h2-6,10H,7H2,1H3,(H,13,15). The Morgan fingerprint density at radius 2 is 1.93 bits per heavy atom. The van der Waals surface area contributed by atoms with E-state index in [0.717, 1.165) is 5.56 Å². The third kappa shape index (κ3) is 3.72. The summed E-state index contributed by atoms with van der Waals surface area (Å²) < 4.78 is 0. The molecule has 1 rings (SSSR count). The highest BCUT2D eigenvalue weighted by Gasteiger charge is 2.19. The van der Waals surface area contributed by atoms with Crippen LogP contribution < -0.4 is 5.32 Å². The SMILES string of the molecule is CC(=O)C(Cl)C(=O)NCc1ccccc1. The fourth-order valence-corrected chi connectivity index (χ4v) is 1.14. The van der Waals surface area contributed by atoms with E-state index < -0.39 is 11.3 Å². The molecule has 0 saturated heterocycles. The van der Waals surface area contributed by atoms with Crippen LogP contribution in [0.4, 0.5) is 0 Å². The Labute approximate surface area is 93.4 Å². The number of ketones is 1. The molecule has 1 N–H and O–H groups in total. The quantitative estimate of drug-likeness (QED) is 0.624. The van der Waals surface area contributed by atoms with Crippen molar-refractivity contribution >= 4 is 23.3 Å². The molecule has 1 aromatic rings. The van der Waals surface area contributed by atoms with Gasteiger partial charge in [-0.15, -0.1) is 11.6 Å². The van der Waals surface area contributed by atoms with Crippen molar-refractivity contribution in [1.29, 1.82) is 0 Å². The minimum Gasteiger partial charge on any atom is -0.350 e. The molecule has 15 heavy (non-hydrogen) atoms. The lowest BCUT2D eigenvalue weighted by Crippen LogP contribution is -2.34. The predicted molar refractivity (Wildman–Crippen MR) is 58.6 cm³/mol. The average molecular weight is 226 g/mol. The average Bonchev–Trinajstić information content (AvgIpc) is 2.26. The molecule has 1 amide bonds. The molecular formula is C11H12ClNO2. The monoisotopic (exact) mass is 225 g/mol. The molecule has 0 saturated carbocycles. The van der Waals surface area contributed by atoms with Gasteiger partial charge in [-0.1, -0.05) is 30.3 Å². The summed E-state index contributed by atoms with van der Waals surface area (Å²) >= 11 is 5.57. The highest BCUT2D eigenvalue weighted by molar-refractivity contribution is 6.41. The predicted octanol–water partition coefficient (Wildman–Crippen LogP) is 1.50. The van der Waals surface area contributed by atoms with Gasteiger partial charge >= 0.3 is 0 Å². The minimum atomic E-state index is -1.09. The molecule has 0 spiro atoms. The third-order valence-corrected chi connectivity index (χ3v) is 2.40. The maximum absolute atomic E-state index is 11.3. The minimum absolute atomic E-state index is 0.345. The van der Waals surface area contributed by atoms with Crippen LogP contribution in [0.3, 0.4) is 0 Å². The van der Waals surface area contributed by atoms with Gasteiger partial charge in [0.25, 0.3) is 0 Å². The number of carbonyl (C=O) groups is 2. The molecule has 80 valence electrons. The number of benzene rings is 1. The lowest BCUT2D eigenvalue weighted by atomic mass is 10.2. The zero-order chi connectivity index (χ0) is 11.3. The van der Waals surface area contributed by atoms with Crippen LogP contribution >= 0.6 is 11.6 Å². The fraction of sp³-hybridized carbons (Fsp3) is 0.273. The number of amides is 1. The van der Waals surface area contributed by atoms with Crippen molar-refractivity contribution in [3.63, 3.8) is 0 Å². The van der Waals surface area contributed by atoms with Crippen molar-refractivity contribution in [1.82, 2.24) is 5.32 Å². The van der Waals surface area contributed by atoms with Gasteiger partial charge in [-0.2, -0.15) is 0 Å². The Balaban J connectivity index is 2.44. The summed E-state index contributed by atoms with van der Waals surface area (Å²) in [4.78, 5) is 22.1. The van der Waals surface area contributed by atoms with Gasteiger partial charge < -0.3 is 5.32 Å². The Kier molecular flexibility index (Phi) is 4.31. The second kappa shape index (κ2) is 5.51. The maximum Gasteiger partial charge on any atom is 0.245 e. The molecule has 4 heteroatoms. The van der Waals surface area contributed by atoms with Crippen LogP contribution in [0.2, 0.25) is 0 Å². The summed E-state index contributed by atoms with van der Waals surface area (Å²) in [5.74, 6) is -0.796. The first-order valence-electron chi connectivity index (χ1n) is 4.57. The van der Waals surface area contributed by atoms with Crippen LogP contribution in [-0.4, -0.2) is 17.1 Å². The fourth-order valence-electron chi connectivity index (χ4n) is 1.06. The van der Waals surface area contributed by atoms with Crippen LogP contribution in [0.5, 0.6) is 0 Å². The van der Waals surface area contributed by atoms with Crippen LogP contribution in [0.15, 0.2) is 30.3 Å². The summed E-state index contributed by atoms with van der Waals surface area (Å²) in [6, 6.07) is 9.43. The Hall–Kier alpha value is -1.35. The zero-order valence-corrected chi connectivity index (χ0v) is 9.12. The molecular weight excluding hydrogens is 214 g/mol. The van der Waals surface area contributed by atoms with E-state index >= 15 is 0 Å². The Morgan fingerprint density at radius 3 is 2.47 bits per heavy atom. The van der Waals surface area contributed by atoms with Crippen LogP contribution in [-0.2, 0) is 16.1 Å². The van der Waals surface area contributed by atoms with Crippen molar-refractivity contribution in [3.05, 3.63) is 35.9 Å². The van der Waals surface area contributed by atoms with Crippen LogP contribution in [0, 0.1) is 0 Å². The molecule has 0 radical (unpaired) electrons. The van der Waals surface area contributed by atoms with E-state index in [2.05, 4.69) is 5.32 Å². The second-order valence-corrected chi connectivity index (χ2v) is 3.61. The molecule has 0 heterocycles. The van der Waals surface area contributed by atoms with Gasteiger partial charge in [0.05, 0.1) is 0 Å². The molecule has 0 aliphatic heterocycles. The van der Waals surface area contributed by atoms with Gasteiger partial charge in [0.1, 0.15) is 0 Å². The molecule has 1 atom stereocenters. The molecule has 0 fully saturated rings. The highest BCUT2D eigenvalue weighted by atomic mass is 35.5. The largest absolute Gasteiger partial charge is 0.350 e. The van der Waals surface area contributed by atoms with Gasteiger partial charge in [0.15, 0.2) is 11.2 Å². The first-order valence-corrected chi connectivity index (χ1v) is 5.01. The smallest absolute Gasteiger partial charge is 0.245 e. The van der Waals surface area contributed by atoms with E-state index in [-0.39, 0.29) is 5.78 Å². The van der Waals surface area contributed by atoms with E-state index in [0.29, 0.717) is 6.54 Å². The van der Waals surface area contributed by atoms with E-state index in [1.807, 2.05) is 30.3 Å². The van der Waals surface area contributed by atoms with Crippen molar-refractivity contribution in [2.24, 2.45) is 0 Å². The van der Waals surface area contributed by atoms with E-state index in [1.165, 1.54) is 6.92 Å². The summed E-state index contributed by atoms with van der Waals surface area (Å²) in [6.07, 6.45) is 0. The van der Waals surface area contributed by atoms with Gasteiger partial charge in [-0.3, -0.25) is 9.59 Å². The molecule has 0 aliphatic rings. The van der Waals surface area contributed by atoms with E-state index in [4.69, 9.17) is 11.6 Å². The third-order valence-electron chi connectivity index (χ3n) is 1.90. The number of carbonyl (C=O) groups excluding carboxylic acids is 2. The van der Waals surface area contributed by atoms with Gasteiger partial charge in [-0.05, 0) is 12.5 Å². The molecule has 1 unspecified atom stereocenters. The van der Waals surface area contributed by atoms with Crippen molar-refractivity contribution in [2.45, 2.75) is 18.8 Å². The molecule has 0 aromatic heterocycles. The number of rotatable bonds is 4. The molecule has 0 aliphatic carbocycles. The topological polar surface area (TPSA) is 46.2 Å². The van der Waals surface area contributed by atoms with Crippen molar-refractivity contribution in [3.8, 4) is 0 Å². The Bertz CT molecular complexity index is 351. The van der Waals surface area contributed by atoms with Gasteiger partial charge in [0, 0.05) is 6.54 Å². The number of Topliss-reactive ketones (excluding diaryl/α,β-unsaturated/α-hetero) is 1. The summed E-state index contributed by atoms with van der Waals surface area (Å²) in [5.41, 5.74) is 0.971. The van der Waals surface area contributed by atoms with Crippen LogP contribution in [0.1, 0.15) is 12.5 Å². The lowest BCUT2D eigenvalue weighted by Gasteiger charge is -2.07. The second-order valence-electron chi connectivity index (χ2n) is 3.18. The van der Waals surface area contributed by atoms with Gasteiger partial charge in [0.2, 0.25) is 5.91 Å². The van der Waals surface area contributed by atoms with E-state index in [9.17, 15) is 9.59 Å². The highest BCUT2D eigenvalue weighted by Crippen LogP contribution is 2.00. The van der Waals surface area contributed by atoms with Crippen LogP contribution in [0.25, 0.3) is 0 Å². The number of halogens is 1. The first-order chi connectivity index (χ1) is 7.11. The maximum atomic E-state index is 11.3. The molecule has 1 aromatic carbocycles. The number of hydrogen-bond donors (Lipinski definition) is 1. The summed E-state index contributed by atoms with van der Waals surface area (Å²) in [7, 11) is 0. The molecule has 0 bridgehead atoms. The number of nitrogens with one attached hydrogen (secondary N) is 1. The van der Waals surface area contributed by atoms with Crippen molar-refractivity contribution in [2.75, 3.05) is 0 Å². The number of hydrogen-bond acceptors (Lipinski definition) is 2. The number of alkyl halides is 1.